The van der Waals surface area contributed by atoms with Gasteiger partial charge in [0.2, 0.25) is 0 Å². The van der Waals surface area contributed by atoms with Gasteiger partial charge in [-0.1, -0.05) is 24.3 Å². The molecule has 0 bridgehead atoms. The summed E-state index contributed by atoms with van der Waals surface area (Å²) in [5.41, 5.74) is 1.63. The molecule has 1 aromatic heterocycles. The summed E-state index contributed by atoms with van der Waals surface area (Å²) in [5, 5.41) is 5.02. The Balaban J connectivity index is 1.78. The highest BCUT2D eigenvalue weighted by atomic mass is 32.1. The molecule has 0 saturated heterocycles. The van der Waals surface area contributed by atoms with E-state index in [4.69, 9.17) is 9.47 Å². The Labute approximate surface area is 178 Å². The largest absolute Gasteiger partial charge is 0.495 e. The lowest BCUT2D eigenvalue weighted by atomic mass is 10.2. The number of ether oxygens (including phenoxy) is 2. The van der Waals surface area contributed by atoms with Gasteiger partial charge in [-0.05, 0) is 42.6 Å². The molecule has 0 aliphatic carbocycles. The van der Waals surface area contributed by atoms with Crippen LogP contribution in [0.15, 0.2) is 71.7 Å². The summed E-state index contributed by atoms with van der Waals surface area (Å²) in [7, 11) is 1.51. The molecule has 1 aliphatic heterocycles. The molecular formula is C23H20N2O4S. The van der Waals surface area contributed by atoms with Crippen LogP contribution in [0.5, 0.6) is 11.5 Å². The Morgan fingerprint density at radius 3 is 2.57 bits per heavy atom. The predicted octanol–water partition coefficient (Wildman–Crippen LogP) is 4.55. The summed E-state index contributed by atoms with van der Waals surface area (Å²) in [6, 6.07) is 17.9. The molecule has 30 heavy (non-hydrogen) atoms. The number of nitrogens with one attached hydrogen (secondary N) is 1. The molecule has 2 heterocycles. The van der Waals surface area contributed by atoms with E-state index in [2.05, 4.69) is 5.32 Å². The van der Waals surface area contributed by atoms with Crippen molar-refractivity contribution in [3.05, 3.63) is 76.6 Å². The second-order valence-corrected chi connectivity index (χ2v) is 7.38. The van der Waals surface area contributed by atoms with Crippen LogP contribution >= 0.6 is 11.3 Å². The molecule has 0 saturated carbocycles. The lowest BCUT2D eigenvalue weighted by Gasteiger charge is -2.18. The van der Waals surface area contributed by atoms with Gasteiger partial charge in [-0.15, -0.1) is 11.3 Å². The number of carbonyl (C=O) groups is 2. The molecule has 2 amide bonds. The number of hydrogen-bond acceptors (Lipinski definition) is 6. The number of methoxy groups -OCH3 is 1. The third-order valence-corrected chi connectivity index (χ3v) is 5.48. The second-order valence-electron chi connectivity index (χ2n) is 6.43. The fourth-order valence-corrected chi connectivity index (χ4v) is 4.07. The number of anilines is 2. The Hall–Kier alpha value is -3.58. The first-order valence-electron chi connectivity index (χ1n) is 9.44. The smallest absolute Gasteiger partial charge is 0.282 e. The topological polar surface area (TPSA) is 67.9 Å². The summed E-state index contributed by atoms with van der Waals surface area (Å²) in [4.78, 5) is 28.7. The third-order valence-electron chi connectivity index (χ3n) is 4.59. The first kappa shape index (κ1) is 19.7. The highest BCUT2D eigenvalue weighted by Crippen LogP contribution is 2.38. The summed E-state index contributed by atoms with van der Waals surface area (Å²) in [5.74, 6) is 0.300. The number of amides is 2. The van der Waals surface area contributed by atoms with Crippen LogP contribution in [-0.2, 0) is 9.59 Å². The van der Waals surface area contributed by atoms with Gasteiger partial charge in [0.1, 0.15) is 17.2 Å². The lowest BCUT2D eigenvalue weighted by molar-refractivity contribution is -0.120. The third kappa shape index (κ3) is 3.55. The van der Waals surface area contributed by atoms with Crippen LogP contribution < -0.4 is 19.7 Å². The zero-order chi connectivity index (χ0) is 21.1. The van der Waals surface area contributed by atoms with Crippen LogP contribution in [0.2, 0.25) is 0 Å². The van der Waals surface area contributed by atoms with Crippen molar-refractivity contribution in [3.8, 4) is 11.5 Å². The van der Waals surface area contributed by atoms with Crippen LogP contribution in [0.25, 0.3) is 5.57 Å². The Morgan fingerprint density at radius 2 is 1.83 bits per heavy atom. The number of para-hydroxylation sites is 2. The molecule has 0 radical (unpaired) electrons. The summed E-state index contributed by atoms with van der Waals surface area (Å²) in [6.45, 7) is 2.44. The molecule has 0 fully saturated rings. The van der Waals surface area contributed by atoms with Crippen molar-refractivity contribution >= 4 is 40.1 Å². The fraction of sp³-hybridized carbons (Fsp3) is 0.130. The van der Waals surface area contributed by atoms with Crippen molar-refractivity contribution < 1.29 is 19.1 Å². The van der Waals surface area contributed by atoms with E-state index in [9.17, 15) is 9.59 Å². The van der Waals surface area contributed by atoms with Crippen molar-refractivity contribution in [2.24, 2.45) is 0 Å². The summed E-state index contributed by atoms with van der Waals surface area (Å²) in [6.07, 6.45) is 0. The Kier molecular flexibility index (Phi) is 5.54. The molecule has 7 heteroatoms. The highest BCUT2D eigenvalue weighted by Gasteiger charge is 2.41. The summed E-state index contributed by atoms with van der Waals surface area (Å²) < 4.78 is 10.9. The van der Waals surface area contributed by atoms with Crippen LogP contribution in [0.1, 0.15) is 11.8 Å². The van der Waals surface area contributed by atoms with Crippen molar-refractivity contribution in [1.82, 2.24) is 0 Å². The maximum absolute atomic E-state index is 13.4. The molecule has 1 N–H and O–H groups in total. The minimum absolute atomic E-state index is 0.224. The Bertz CT molecular complexity index is 1120. The minimum Gasteiger partial charge on any atom is -0.495 e. The van der Waals surface area contributed by atoms with Crippen LogP contribution in [0, 0.1) is 0 Å². The molecule has 1 aliphatic rings. The zero-order valence-corrected chi connectivity index (χ0v) is 17.4. The molecule has 6 nitrogen and oxygen atoms in total. The number of nitrogens with zero attached hydrogens (tertiary/aromatic N) is 1. The van der Waals surface area contributed by atoms with Gasteiger partial charge in [-0.25, -0.2) is 4.90 Å². The first-order chi connectivity index (χ1) is 14.6. The van der Waals surface area contributed by atoms with Gasteiger partial charge in [-0.3, -0.25) is 9.59 Å². The van der Waals surface area contributed by atoms with Crippen molar-refractivity contribution in [3.63, 3.8) is 0 Å². The van der Waals surface area contributed by atoms with Gasteiger partial charge in [0.05, 0.1) is 25.0 Å². The monoisotopic (exact) mass is 420 g/mol. The predicted molar refractivity (Wildman–Crippen MR) is 118 cm³/mol. The number of imide groups is 1. The number of thiophene rings is 1. The standard InChI is InChI=1S/C23H20N2O4S/c1-3-29-16-9-6-8-15(14-16)24-21-20(19-12-7-13-30-19)22(26)25(23(21)27)17-10-4-5-11-18(17)28-2/h4-14,24H,3H2,1-2H3. The first-order valence-corrected chi connectivity index (χ1v) is 10.3. The van der Waals surface area contributed by atoms with Gasteiger partial charge < -0.3 is 14.8 Å². The molecule has 0 spiro atoms. The number of hydrogen-bond donors (Lipinski definition) is 1. The van der Waals surface area contributed by atoms with E-state index in [-0.39, 0.29) is 5.70 Å². The van der Waals surface area contributed by atoms with Gasteiger partial charge >= 0.3 is 0 Å². The fourth-order valence-electron chi connectivity index (χ4n) is 3.30. The normalized spacial score (nSPS) is 13.7. The van der Waals surface area contributed by atoms with Gasteiger partial charge in [0.15, 0.2) is 0 Å². The summed E-state index contributed by atoms with van der Waals surface area (Å²) >= 11 is 1.41. The number of rotatable bonds is 7. The van der Waals surface area contributed by atoms with E-state index in [1.54, 1.807) is 30.3 Å². The van der Waals surface area contributed by atoms with Gasteiger partial charge in [-0.2, -0.15) is 0 Å². The molecule has 0 atom stereocenters. The quantitative estimate of drug-likeness (QED) is 0.568. The highest BCUT2D eigenvalue weighted by molar-refractivity contribution is 7.11. The van der Waals surface area contributed by atoms with E-state index in [0.717, 1.165) is 4.90 Å². The van der Waals surface area contributed by atoms with Gasteiger partial charge in [0, 0.05) is 16.6 Å². The van der Waals surface area contributed by atoms with E-state index < -0.39 is 11.8 Å². The molecule has 3 aromatic rings. The zero-order valence-electron chi connectivity index (χ0n) is 16.5. The van der Waals surface area contributed by atoms with E-state index in [1.165, 1.54) is 18.4 Å². The molecule has 0 unspecified atom stereocenters. The number of carbonyl (C=O) groups excluding carboxylic acids is 2. The SMILES string of the molecule is CCOc1cccc(NC2=C(c3cccs3)C(=O)N(c3ccccc3OC)C2=O)c1. The molecule has 2 aromatic carbocycles. The van der Waals surface area contributed by atoms with Crippen molar-refractivity contribution in [2.45, 2.75) is 6.92 Å². The lowest BCUT2D eigenvalue weighted by Crippen LogP contribution is -2.32. The average molecular weight is 420 g/mol. The Morgan fingerprint density at radius 1 is 1.00 bits per heavy atom. The van der Waals surface area contributed by atoms with Crippen LogP contribution in [0.4, 0.5) is 11.4 Å². The second kappa shape index (κ2) is 8.42. The van der Waals surface area contributed by atoms with E-state index >= 15 is 0 Å². The maximum atomic E-state index is 13.4. The molecule has 152 valence electrons. The number of benzene rings is 2. The van der Waals surface area contributed by atoms with Crippen LogP contribution in [0.3, 0.4) is 0 Å². The average Bonchev–Trinajstić information content (AvgIpc) is 3.36. The molecular weight excluding hydrogens is 400 g/mol. The van der Waals surface area contributed by atoms with E-state index in [1.807, 2.05) is 42.6 Å². The van der Waals surface area contributed by atoms with Crippen molar-refractivity contribution in [2.75, 3.05) is 23.9 Å². The maximum Gasteiger partial charge on any atom is 0.282 e. The van der Waals surface area contributed by atoms with Crippen molar-refractivity contribution in [1.29, 1.82) is 0 Å². The minimum atomic E-state index is -0.435. The van der Waals surface area contributed by atoms with Crippen LogP contribution in [-0.4, -0.2) is 25.5 Å². The molecule has 4 rings (SSSR count). The van der Waals surface area contributed by atoms with Gasteiger partial charge in [0.25, 0.3) is 11.8 Å². The van der Waals surface area contributed by atoms with E-state index in [0.29, 0.717) is 39.9 Å².